The van der Waals surface area contributed by atoms with E-state index in [9.17, 15) is 9.90 Å². The fourth-order valence-corrected chi connectivity index (χ4v) is 4.09. The van der Waals surface area contributed by atoms with Crippen molar-refractivity contribution in [2.45, 2.75) is 18.6 Å². The average Bonchev–Trinajstić information content (AvgIpc) is 2.73. The Bertz CT molecular complexity index is 1020. The minimum absolute atomic E-state index is 0.316. The Morgan fingerprint density at radius 2 is 2.07 bits per heavy atom. The number of fused-ring (bicyclic) bond motifs is 1. The highest BCUT2D eigenvalue weighted by molar-refractivity contribution is 6.34. The first kappa shape index (κ1) is 18.9. The lowest BCUT2D eigenvalue weighted by Crippen LogP contribution is -2.51. The molecule has 28 heavy (non-hydrogen) atoms. The van der Waals surface area contributed by atoms with Crippen molar-refractivity contribution in [3.8, 4) is 11.1 Å². The summed E-state index contributed by atoms with van der Waals surface area (Å²) in [6.45, 7) is 2.92. The maximum absolute atomic E-state index is 11.5. The lowest BCUT2D eigenvalue weighted by atomic mass is 9.83. The van der Waals surface area contributed by atoms with E-state index in [1.807, 2.05) is 36.4 Å². The topological polar surface area (TPSA) is 62.7 Å². The van der Waals surface area contributed by atoms with E-state index >= 15 is 0 Å². The second-order valence-electron chi connectivity index (χ2n) is 7.18. The number of benzene rings is 2. The number of carbonyl (C=O) groups is 1. The van der Waals surface area contributed by atoms with Gasteiger partial charge >= 0.3 is 0 Å². The van der Waals surface area contributed by atoms with Crippen LogP contribution < -0.4 is 0 Å². The van der Waals surface area contributed by atoms with E-state index in [1.54, 1.807) is 30.3 Å². The standard InChI is InChI=1S/C22H21ClN2O3/c1-22(27,20-13-25(14-26)9-10-28-20)18-7-4-8-19(23)21(18)17-12-24-11-15-5-2-3-6-16(15)17/h2-8,11-12,14,20,27H,9-10,13H2,1H3/t20?,22-/m1/s1. The van der Waals surface area contributed by atoms with Crippen LogP contribution in [0.5, 0.6) is 0 Å². The monoisotopic (exact) mass is 396 g/mol. The van der Waals surface area contributed by atoms with Gasteiger partial charge < -0.3 is 14.7 Å². The molecule has 4 rings (SSSR count). The van der Waals surface area contributed by atoms with Crippen LogP contribution in [0, 0.1) is 0 Å². The third kappa shape index (κ3) is 3.26. The molecule has 2 atom stereocenters. The van der Waals surface area contributed by atoms with Crippen molar-refractivity contribution in [1.29, 1.82) is 0 Å². The quantitative estimate of drug-likeness (QED) is 0.684. The highest BCUT2D eigenvalue weighted by Gasteiger charge is 2.40. The molecule has 2 heterocycles. The van der Waals surface area contributed by atoms with Crippen LogP contribution in [0.4, 0.5) is 0 Å². The summed E-state index contributed by atoms with van der Waals surface area (Å²) in [6.07, 6.45) is 3.80. The smallest absolute Gasteiger partial charge is 0.209 e. The minimum atomic E-state index is -1.35. The van der Waals surface area contributed by atoms with Crippen molar-refractivity contribution in [1.82, 2.24) is 9.88 Å². The van der Waals surface area contributed by atoms with Crippen LogP contribution in [0.3, 0.4) is 0 Å². The van der Waals surface area contributed by atoms with E-state index in [0.29, 0.717) is 30.3 Å². The van der Waals surface area contributed by atoms with E-state index in [-0.39, 0.29) is 0 Å². The number of amides is 1. The van der Waals surface area contributed by atoms with Gasteiger partial charge in [-0.1, -0.05) is 48.0 Å². The number of aromatic nitrogens is 1. The molecule has 1 aromatic heterocycles. The molecule has 0 bridgehead atoms. The molecule has 0 aliphatic carbocycles. The van der Waals surface area contributed by atoms with Crippen LogP contribution in [0.25, 0.3) is 21.9 Å². The highest BCUT2D eigenvalue weighted by atomic mass is 35.5. The van der Waals surface area contributed by atoms with E-state index in [1.165, 1.54) is 0 Å². The zero-order valence-corrected chi connectivity index (χ0v) is 16.3. The van der Waals surface area contributed by atoms with Gasteiger partial charge in [-0.2, -0.15) is 0 Å². The van der Waals surface area contributed by atoms with E-state index in [4.69, 9.17) is 16.3 Å². The van der Waals surface area contributed by atoms with E-state index in [0.717, 1.165) is 28.3 Å². The second kappa shape index (κ2) is 7.51. The molecule has 0 radical (unpaired) electrons. The zero-order chi connectivity index (χ0) is 19.7. The molecular formula is C22H21ClN2O3. The number of ether oxygens (including phenoxy) is 1. The fraction of sp³-hybridized carbons (Fsp3) is 0.273. The zero-order valence-electron chi connectivity index (χ0n) is 15.5. The number of aliphatic hydroxyl groups is 1. The molecule has 1 unspecified atom stereocenters. The molecule has 1 N–H and O–H groups in total. The molecule has 0 saturated carbocycles. The Labute approximate surface area is 168 Å². The maximum Gasteiger partial charge on any atom is 0.209 e. The molecule has 5 nitrogen and oxygen atoms in total. The maximum atomic E-state index is 11.5. The van der Waals surface area contributed by atoms with Gasteiger partial charge in [0.15, 0.2) is 0 Å². The molecule has 144 valence electrons. The van der Waals surface area contributed by atoms with Gasteiger partial charge in [-0.3, -0.25) is 9.78 Å². The third-order valence-electron chi connectivity index (χ3n) is 5.37. The number of hydrogen-bond donors (Lipinski definition) is 1. The van der Waals surface area contributed by atoms with Crippen molar-refractivity contribution in [2.24, 2.45) is 0 Å². The van der Waals surface area contributed by atoms with Crippen molar-refractivity contribution in [2.75, 3.05) is 19.7 Å². The van der Waals surface area contributed by atoms with Gasteiger partial charge in [0, 0.05) is 47.0 Å². The summed E-state index contributed by atoms with van der Waals surface area (Å²) in [6, 6.07) is 13.4. The van der Waals surface area contributed by atoms with Crippen LogP contribution in [0.1, 0.15) is 12.5 Å². The number of rotatable bonds is 4. The van der Waals surface area contributed by atoms with Gasteiger partial charge in [-0.25, -0.2) is 0 Å². The SMILES string of the molecule is C[C@@](O)(c1cccc(Cl)c1-c1cncc2ccccc12)C1CN(C=O)CCO1. The Hall–Kier alpha value is -2.47. The van der Waals surface area contributed by atoms with Gasteiger partial charge in [0.1, 0.15) is 11.7 Å². The normalized spacial score (nSPS) is 19.4. The van der Waals surface area contributed by atoms with Gasteiger partial charge in [0.25, 0.3) is 0 Å². The first-order valence-electron chi connectivity index (χ1n) is 9.18. The Morgan fingerprint density at radius 1 is 1.25 bits per heavy atom. The molecule has 2 aromatic carbocycles. The van der Waals surface area contributed by atoms with Crippen LogP contribution in [-0.4, -0.2) is 47.2 Å². The molecule has 0 spiro atoms. The predicted octanol–water partition coefficient (Wildman–Crippen LogP) is 3.62. The average molecular weight is 397 g/mol. The summed E-state index contributed by atoms with van der Waals surface area (Å²) >= 11 is 6.62. The fourth-order valence-electron chi connectivity index (χ4n) is 3.81. The number of morpholine rings is 1. The van der Waals surface area contributed by atoms with E-state index < -0.39 is 11.7 Å². The lowest BCUT2D eigenvalue weighted by molar-refractivity contribution is -0.149. The summed E-state index contributed by atoms with van der Waals surface area (Å²) in [5.74, 6) is 0. The van der Waals surface area contributed by atoms with Gasteiger partial charge in [0.05, 0.1) is 6.61 Å². The van der Waals surface area contributed by atoms with Crippen LogP contribution >= 0.6 is 11.6 Å². The Balaban J connectivity index is 1.88. The number of nitrogens with zero attached hydrogens (tertiary/aromatic N) is 2. The number of hydrogen-bond acceptors (Lipinski definition) is 4. The lowest BCUT2D eigenvalue weighted by Gasteiger charge is -2.40. The summed E-state index contributed by atoms with van der Waals surface area (Å²) in [5.41, 5.74) is 0.877. The van der Waals surface area contributed by atoms with Crippen molar-refractivity contribution in [3.05, 3.63) is 65.4 Å². The summed E-state index contributed by atoms with van der Waals surface area (Å²) in [5, 5.41) is 14.0. The molecule has 1 saturated heterocycles. The van der Waals surface area contributed by atoms with Gasteiger partial charge in [-0.05, 0) is 23.9 Å². The van der Waals surface area contributed by atoms with E-state index in [2.05, 4.69) is 4.98 Å². The van der Waals surface area contributed by atoms with Crippen LogP contribution in [0.15, 0.2) is 54.9 Å². The Kier molecular flexibility index (Phi) is 5.06. The first-order valence-corrected chi connectivity index (χ1v) is 9.55. The molecule has 6 heteroatoms. The summed E-state index contributed by atoms with van der Waals surface area (Å²) in [4.78, 5) is 17.2. The van der Waals surface area contributed by atoms with Crippen molar-refractivity contribution in [3.63, 3.8) is 0 Å². The van der Waals surface area contributed by atoms with Gasteiger partial charge in [-0.15, -0.1) is 0 Å². The van der Waals surface area contributed by atoms with Crippen LogP contribution in [0.2, 0.25) is 5.02 Å². The molecule has 1 amide bonds. The summed E-state index contributed by atoms with van der Waals surface area (Å²) < 4.78 is 5.84. The first-order chi connectivity index (χ1) is 13.5. The molecule has 1 aliphatic rings. The molecule has 3 aromatic rings. The molecular weight excluding hydrogens is 376 g/mol. The number of carbonyl (C=O) groups excluding carboxylic acids is 1. The molecule has 1 aliphatic heterocycles. The highest BCUT2D eigenvalue weighted by Crippen LogP contribution is 2.41. The summed E-state index contributed by atoms with van der Waals surface area (Å²) in [7, 11) is 0. The largest absolute Gasteiger partial charge is 0.383 e. The predicted molar refractivity (Wildman–Crippen MR) is 109 cm³/mol. The number of pyridine rings is 1. The Morgan fingerprint density at radius 3 is 2.89 bits per heavy atom. The van der Waals surface area contributed by atoms with Crippen molar-refractivity contribution >= 4 is 28.8 Å². The number of halogens is 1. The van der Waals surface area contributed by atoms with Gasteiger partial charge in [0.2, 0.25) is 6.41 Å². The van der Waals surface area contributed by atoms with Crippen LogP contribution in [-0.2, 0) is 15.1 Å². The van der Waals surface area contributed by atoms with Crippen molar-refractivity contribution < 1.29 is 14.6 Å². The second-order valence-corrected chi connectivity index (χ2v) is 7.59. The third-order valence-corrected chi connectivity index (χ3v) is 5.69. The minimum Gasteiger partial charge on any atom is -0.383 e. The molecule has 1 fully saturated rings.